The number of nitrogens with zero attached hydrogens (tertiary/aromatic N) is 1. The minimum Gasteiger partial charge on any atom is -0.323 e. The lowest BCUT2D eigenvalue weighted by Gasteiger charge is -2.25. The summed E-state index contributed by atoms with van der Waals surface area (Å²) in [4.78, 5) is 28.6. The first-order chi connectivity index (χ1) is 6.21. The summed E-state index contributed by atoms with van der Waals surface area (Å²) in [5.74, 6) is -2.32. The van der Waals surface area contributed by atoms with E-state index in [2.05, 4.69) is 5.32 Å². The van der Waals surface area contributed by atoms with Crippen LogP contribution in [0.25, 0.3) is 0 Å². The highest BCUT2D eigenvalue weighted by Crippen LogP contribution is 2.42. The van der Waals surface area contributed by atoms with Gasteiger partial charge in [0.2, 0.25) is 0 Å². The zero-order valence-corrected chi connectivity index (χ0v) is 9.10. The van der Waals surface area contributed by atoms with Crippen LogP contribution in [0.4, 0.5) is 0 Å². The molecule has 2 atom stereocenters. The smallest absolute Gasteiger partial charge is 0.323 e. The van der Waals surface area contributed by atoms with Gasteiger partial charge in [0.15, 0.2) is 5.78 Å². The van der Waals surface area contributed by atoms with Gasteiger partial charge in [-0.25, -0.2) is 5.06 Å². The standard InChI is InChI=1S/C6H15N2O5P/c1-4(7-3)6(9)8(10)5(2)14(11,12)13/h4-5,7,10H,1-3H3,(H2,11,12,13)/t4-,5?/m0/s1. The maximum atomic E-state index is 11.2. The summed E-state index contributed by atoms with van der Waals surface area (Å²) in [7, 11) is -2.99. The first kappa shape index (κ1) is 13.5. The zero-order chi connectivity index (χ0) is 11.5. The lowest BCUT2D eigenvalue weighted by atomic mass is 10.3. The lowest BCUT2D eigenvalue weighted by Crippen LogP contribution is -2.45. The van der Waals surface area contributed by atoms with Gasteiger partial charge in [0, 0.05) is 0 Å². The summed E-state index contributed by atoms with van der Waals surface area (Å²) in [6.07, 6.45) is 0. The van der Waals surface area contributed by atoms with Gasteiger partial charge >= 0.3 is 7.60 Å². The fourth-order valence-electron chi connectivity index (χ4n) is 0.649. The van der Waals surface area contributed by atoms with Gasteiger partial charge in [0.1, 0.15) is 0 Å². The number of likely N-dealkylation sites (N-methyl/N-ethyl adjacent to an activating group) is 1. The highest BCUT2D eigenvalue weighted by atomic mass is 31.2. The maximum Gasteiger partial charge on any atom is 0.350 e. The Bertz CT molecular complexity index is 253. The van der Waals surface area contributed by atoms with E-state index in [0.29, 0.717) is 0 Å². The van der Waals surface area contributed by atoms with E-state index < -0.39 is 25.3 Å². The molecule has 0 aliphatic rings. The third kappa shape index (κ3) is 3.36. The molecule has 0 aromatic heterocycles. The second-order valence-corrected chi connectivity index (χ2v) is 4.84. The van der Waals surface area contributed by atoms with Crippen LogP contribution in [0, 0.1) is 0 Å². The van der Waals surface area contributed by atoms with Gasteiger partial charge in [-0.3, -0.25) is 14.6 Å². The second-order valence-electron chi connectivity index (χ2n) is 2.91. The Morgan fingerprint density at radius 3 is 2.14 bits per heavy atom. The van der Waals surface area contributed by atoms with Gasteiger partial charge in [0.05, 0.1) is 6.04 Å². The molecule has 1 unspecified atom stereocenters. The summed E-state index contributed by atoms with van der Waals surface area (Å²) in [6, 6.07) is -0.700. The molecule has 0 heterocycles. The molecule has 14 heavy (non-hydrogen) atoms. The Morgan fingerprint density at radius 1 is 1.43 bits per heavy atom. The predicted octanol–water partition coefficient (Wildman–Crippen LogP) is -0.664. The van der Waals surface area contributed by atoms with E-state index in [-0.39, 0.29) is 5.06 Å². The van der Waals surface area contributed by atoms with E-state index in [4.69, 9.17) is 9.79 Å². The lowest BCUT2D eigenvalue weighted by molar-refractivity contribution is -0.170. The number of hydrogen-bond donors (Lipinski definition) is 4. The summed E-state index contributed by atoms with van der Waals surface area (Å²) >= 11 is 0. The highest BCUT2D eigenvalue weighted by Gasteiger charge is 2.34. The van der Waals surface area contributed by atoms with Crippen LogP contribution in [-0.4, -0.2) is 44.8 Å². The first-order valence-electron chi connectivity index (χ1n) is 3.96. The van der Waals surface area contributed by atoms with Gasteiger partial charge in [0.25, 0.3) is 5.91 Å². The Labute approximate surface area is 81.8 Å². The molecule has 0 rings (SSSR count). The van der Waals surface area contributed by atoms with Crippen LogP contribution in [-0.2, 0) is 9.36 Å². The Hall–Kier alpha value is -0.460. The molecule has 1 amide bonds. The molecule has 0 saturated carbocycles. The Morgan fingerprint density at radius 2 is 1.86 bits per heavy atom. The average Bonchev–Trinajstić information content (AvgIpc) is 2.11. The number of rotatable bonds is 4. The highest BCUT2D eigenvalue weighted by molar-refractivity contribution is 7.52. The van der Waals surface area contributed by atoms with Gasteiger partial charge in [-0.05, 0) is 20.9 Å². The second kappa shape index (κ2) is 4.86. The molecule has 7 nitrogen and oxygen atoms in total. The average molecular weight is 226 g/mol. The molecule has 0 aromatic rings. The van der Waals surface area contributed by atoms with Crippen molar-refractivity contribution in [2.75, 3.05) is 7.05 Å². The number of carbonyl (C=O) groups is 1. The third-order valence-corrected chi connectivity index (χ3v) is 3.06. The van der Waals surface area contributed by atoms with Crippen molar-refractivity contribution in [3.05, 3.63) is 0 Å². The largest absolute Gasteiger partial charge is 0.350 e. The minimum absolute atomic E-state index is 0.0575. The van der Waals surface area contributed by atoms with Crippen LogP contribution < -0.4 is 5.32 Å². The van der Waals surface area contributed by atoms with E-state index in [9.17, 15) is 14.6 Å². The topological polar surface area (TPSA) is 110 Å². The SMILES string of the molecule is CN[C@@H](C)C(=O)N(O)C(C)P(=O)(O)O. The van der Waals surface area contributed by atoms with Gasteiger partial charge in [-0.2, -0.15) is 0 Å². The van der Waals surface area contributed by atoms with Crippen molar-refractivity contribution in [1.29, 1.82) is 0 Å². The van der Waals surface area contributed by atoms with Crippen LogP contribution in [0.2, 0.25) is 0 Å². The molecule has 0 spiro atoms. The van der Waals surface area contributed by atoms with Gasteiger partial charge in [-0.1, -0.05) is 0 Å². The number of hydroxylamine groups is 2. The number of hydrogen-bond acceptors (Lipinski definition) is 4. The summed E-state index contributed by atoms with van der Waals surface area (Å²) in [6.45, 7) is 2.54. The molecule has 0 saturated heterocycles. The van der Waals surface area contributed by atoms with Crippen molar-refractivity contribution in [2.45, 2.75) is 25.7 Å². The van der Waals surface area contributed by atoms with E-state index in [0.717, 1.165) is 6.92 Å². The van der Waals surface area contributed by atoms with Crippen molar-refractivity contribution >= 4 is 13.5 Å². The monoisotopic (exact) mass is 226 g/mol. The van der Waals surface area contributed by atoms with Crippen molar-refractivity contribution < 1.29 is 24.4 Å². The van der Waals surface area contributed by atoms with Crippen LogP contribution in [0.1, 0.15) is 13.8 Å². The third-order valence-electron chi connectivity index (χ3n) is 1.87. The van der Waals surface area contributed by atoms with E-state index >= 15 is 0 Å². The molecular formula is C6H15N2O5P. The molecule has 0 fully saturated rings. The number of amides is 1. The van der Waals surface area contributed by atoms with Gasteiger partial charge in [-0.15, -0.1) is 0 Å². The minimum atomic E-state index is -4.49. The van der Waals surface area contributed by atoms with Crippen LogP contribution in [0.3, 0.4) is 0 Å². The molecule has 0 aliphatic carbocycles. The quantitative estimate of drug-likeness (QED) is 0.287. The summed E-state index contributed by atoms with van der Waals surface area (Å²) < 4.78 is 10.7. The van der Waals surface area contributed by atoms with Crippen molar-refractivity contribution in [1.82, 2.24) is 10.4 Å². The van der Waals surface area contributed by atoms with E-state index in [1.165, 1.54) is 14.0 Å². The molecule has 0 radical (unpaired) electrons. The Kier molecular flexibility index (Phi) is 4.70. The van der Waals surface area contributed by atoms with Crippen molar-refractivity contribution in [2.24, 2.45) is 0 Å². The molecule has 8 heteroatoms. The number of nitrogens with one attached hydrogen (secondary N) is 1. The van der Waals surface area contributed by atoms with E-state index in [1.807, 2.05) is 0 Å². The van der Waals surface area contributed by atoms with Crippen molar-refractivity contribution in [3.8, 4) is 0 Å². The predicted molar refractivity (Wildman–Crippen MR) is 48.7 cm³/mol. The maximum absolute atomic E-state index is 11.2. The van der Waals surface area contributed by atoms with Crippen LogP contribution in [0.15, 0.2) is 0 Å². The zero-order valence-electron chi connectivity index (χ0n) is 8.21. The molecular weight excluding hydrogens is 211 g/mol. The van der Waals surface area contributed by atoms with Crippen LogP contribution in [0.5, 0.6) is 0 Å². The fourth-order valence-corrected chi connectivity index (χ4v) is 1.05. The molecule has 4 N–H and O–H groups in total. The molecule has 0 bridgehead atoms. The Balaban J connectivity index is 4.55. The van der Waals surface area contributed by atoms with Crippen LogP contribution >= 0.6 is 7.60 Å². The summed E-state index contributed by atoms with van der Waals surface area (Å²) in [5, 5.41) is 11.8. The van der Waals surface area contributed by atoms with Gasteiger partial charge < -0.3 is 15.1 Å². The summed E-state index contributed by atoms with van der Waals surface area (Å²) in [5.41, 5.74) is 0. The molecule has 84 valence electrons. The number of carbonyl (C=O) groups excluding carboxylic acids is 1. The fraction of sp³-hybridized carbons (Fsp3) is 0.833. The first-order valence-corrected chi connectivity index (χ1v) is 5.64. The molecule has 0 aromatic carbocycles. The van der Waals surface area contributed by atoms with E-state index in [1.54, 1.807) is 0 Å². The molecule has 0 aliphatic heterocycles. The van der Waals surface area contributed by atoms with Crippen molar-refractivity contribution in [3.63, 3.8) is 0 Å². The normalized spacial score (nSPS) is 16.1.